The summed E-state index contributed by atoms with van der Waals surface area (Å²) in [6, 6.07) is 14.6. The van der Waals surface area contributed by atoms with E-state index in [-0.39, 0.29) is 0 Å². The summed E-state index contributed by atoms with van der Waals surface area (Å²) < 4.78 is 7.64. The van der Waals surface area contributed by atoms with Gasteiger partial charge >= 0.3 is 0 Å². The van der Waals surface area contributed by atoms with Crippen molar-refractivity contribution in [3.05, 3.63) is 62.5 Å². The molecule has 2 aromatic rings. The van der Waals surface area contributed by atoms with E-state index in [2.05, 4.69) is 84.2 Å². The number of alkyl halides is 1. The van der Waals surface area contributed by atoms with Crippen LogP contribution >= 0.6 is 47.8 Å². The van der Waals surface area contributed by atoms with Crippen LogP contribution in [0.15, 0.2) is 51.4 Å². The number of hydrogen-bond acceptors (Lipinski definition) is 1. The van der Waals surface area contributed by atoms with E-state index >= 15 is 0 Å². The molecule has 0 aliphatic carbocycles. The van der Waals surface area contributed by atoms with E-state index in [0.717, 1.165) is 28.4 Å². The van der Waals surface area contributed by atoms with Crippen molar-refractivity contribution in [2.24, 2.45) is 5.92 Å². The van der Waals surface area contributed by atoms with Crippen molar-refractivity contribution < 1.29 is 4.74 Å². The van der Waals surface area contributed by atoms with Crippen LogP contribution in [0.2, 0.25) is 0 Å². The Morgan fingerprint density at radius 2 is 1.62 bits per heavy atom. The molecule has 112 valence electrons. The highest BCUT2D eigenvalue weighted by molar-refractivity contribution is 9.11. The molecular weight excluding hydrogens is 460 g/mol. The minimum atomic E-state index is 0.534. The predicted octanol–water partition coefficient (Wildman–Crippen LogP) is 6.02. The minimum absolute atomic E-state index is 0.534. The monoisotopic (exact) mass is 474 g/mol. The topological polar surface area (TPSA) is 9.23 Å². The second-order valence-electron chi connectivity index (χ2n) is 4.98. The number of hydrogen-bond donors (Lipinski definition) is 0. The standard InChI is InChI=1S/C17H17Br3O/c1-21-15-6-7-17(20)14(10-15)9-12(11-18)8-13-4-2-3-5-16(13)19/h2-7,10,12H,8-9,11H2,1H3. The lowest BCUT2D eigenvalue weighted by molar-refractivity contribution is 0.413. The smallest absolute Gasteiger partial charge is 0.119 e. The Bertz CT molecular complexity index is 598. The first-order chi connectivity index (χ1) is 10.1. The fourth-order valence-corrected chi connectivity index (χ4v) is 3.61. The summed E-state index contributed by atoms with van der Waals surface area (Å²) in [5.41, 5.74) is 2.63. The third-order valence-corrected chi connectivity index (χ3v) is 5.91. The summed E-state index contributed by atoms with van der Waals surface area (Å²) >= 11 is 10.9. The summed E-state index contributed by atoms with van der Waals surface area (Å²) in [6.07, 6.45) is 2.04. The molecular formula is C17H17Br3O. The van der Waals surface area contributed by atoms with Gasteiger partial charge in [0, 0.05) is 14.3 Å². The molecule has 0 amide bonds. The first-order valence-electron chi connectivity index (χ1n) is 6.75. The Hall–Kier alpha value is -0.320. The van der Waals surface area contributed by atoms with Gasteiger partial charge in [0.1, 0.15) is 5.75 Å². The zero-order valence-corrected chi connectivity index (χ0v) is 16.5. The molecule has 0 saturated carbocycles. The Morgan fingerprint density at radius 3 is 2.29 bits per heavy atom. The van der Waals surface area contributed by atoms with Crippen molar-refractivity contribution in [1.29, 1.82) is 0 Å². The van der Waals surface area contributed by atoms with Gasteiger partial charge in [-0.05, 0) is 54.2 Å². The fraction of sp³-hybridized carbons (Fsp3) is 0.294. The zero-order chi connectivity index (χ0) is 15.2. The van der Waals surface area contributed by atoms with Gasteiger partial charge in [-0.3, -0.25) is 0 Å². The Balaban J connectivity index is 2.14. The summed E-state index contributed by atoms with van der Waals surface area (Å²) in [5.74, 6) is 1.44. The molecule has 2 aromatic carbocycles. The van der Waals surface area contributed by atoms with E-state index in [1.54, 1.807) is 7.11 Å². The normalized spacial score (nSPS) is 12.2. The molecule has 0 heterocycles. The number of ether oxygens (including phenoxy) is 1. The summed E-state index contributed by atoms with van der Waals surface area (Å²) in [6.45, 7) is 0. The van der Waals surface area contributed by atoms with E-state index in [1.807, 2.05) is 6.07 Å². The van der Waals surface area contributed by atoms with Crippen LogP contribution in [0.4, 0.5) is 0 Å². The van der Waals surface area contributed by atoms with Crippen LogP contribution < -0.4 is 4.74 Å². The highest BCUT2D eigenvalue weighted by Gasteiger charge is 2.13. The lowest BCUT2D eigenvalue weighted by Crippen LogP contribution is -2.11. The molecule has 0 aliphatic heterocycles. The number of benzene rings is 2. The van der Waals surface area contributed by atoms with Crippen molar-refractivity contribution in [2.75, 3.05) is 12.4 Å². The summed E-state index contributed by atoms with van der Waals surface area (Å²) in [7, 11) is 1.70. The minimum Gasteiger partial charge on any atom is -0.497 e. The van der Waals surface area contributed by atoms with Gasteiger partial charge in [-0.2, -0.15) is 0 Å². The maximum absolute atomic E-state index is 5.32. The Kier molecular flexibility index (Phi) is 6.77. The largest absolute Gasteiger partial charge is 0.497 e. The van der Waals surface area contributed by atoms with Gasteiger partial charge in [0.25, 0.3) is 0 Å². The third kappa shape index (κ3) is 4.83. The van der Waals surface area contributed by atoms with E-state index in [0.29, 0.717) is 5.92 Å². The first kappa shape index (κ1) is 17.0. The molecule has 0 aliphatic rings. The van der Waals surface area contributed by atoms with Gasteiger partial charge < -0.3 is 4.74 Å². The number of methoxy groups -OCH3 is 1. The second kappa shape index (κ2) is 8.35. The van der Waals surface area contributed by atoms with Gasteiger partial charge in [0.05, 0.1) is 7.11 Å². The molecule has 0 radical (unpaired) electrons. The van der Waals surface area contributed by atoms with E-state index < -0.39 is 0 Å². The predicted molar refractivity (Wildman–Crippen MR) is 99.5 cm³/mol. The molecule has 0 N–H and O–H groups in total. The van der Waals surface area contributed by atoms with Crippen molar-refractivity contribution in [2.45, 2.75) is 12.8 Å². The van der Waals surface area contributed by atoms with Crippen LogP contribution in [-0.2, 0) is 12.8 Å². The molecule has 0 fully saturated rings. The Labute approximate surface area is 151 Å². The van der Waals surface area contributed by atoms with Crippen molar-refractivity contribution in [3.8, 4) is 5.75 Å². The lowest BCUT2D eigenvalue weighted by atomic mass is 9.94. The van der Waals surface area contributed by atoms with E-state index in [1.165, 1.54) is 15.6 Å². The number of halogens is 3. The van der Waals surface area contributed by atoms with Gasteiger partial charge in [0.2, 0.25) is 0 Å². The average Bonchev–Trinajstić information content (AvgIpc) is 2.50. The fourth-order valence-electron chi connectivity index (χ4n) is 2.30. The maximum Gasteiger partial charge on any atom is 0.119 e. The van der Waals surface area contributed by atoms with Crippen molar-refractivity contribution in [3.63, 3.8) is 0 Å². The molecule has 21 heavy (non-hydrogen) atoms. The maximum atomic E-state index is 5.32. The molecule has 4 heteroatoms. The van der Waals surface area contributed by atoms with Crippen LogP contribution in [0.5, 0.6) is 5.75 Å². The second-order valence-corrected chi connectivity index (χ2v) is 7.33. The van der Waals surface area contributed by atoms with Crippen LogP contribution in [0.3, 0.4) is 0 Å². The van der Waals surface area contributed by atoms with Crippen LogP contribution in [0, 0.1) is 5.92 Å². The van der Waals surface area contributed by atoms with Gasteiger partial charge in [0.15, 0.2) is 0 Å². The van der Waals surface area contributed by atoms with Gasteiger partial charge in [-0.15, -0.1) is 0 Å². The third-order valence-electron chi connectivity index (χ3n) is 3.45. The molecule has 1 nitrogen and oxygen atoms in total. The quantitative estimate of drug-likeness (QED) is 0.463. The molecule has 0 bridgehead atoms. The van der Waals surface area contributed by atoms with Gasteiger partial charge in [-0.25, -0.2) is 0 Å². The molecule has 0 saturated heterocycles. The first-order valence-corrected chi connectivity index (χ1v) is 9.46. The molecule has 1 atom stereocenters. The Morgan fingerprint density at radius 1 is 0.952 bits per heavy atom. The molecule has 0 spiro atoms. The van der Waals surface area contributed by atoms with Crippen LogP contribution in [0.25, 0.3) is 0 Å². The summed E-state index contributed by atoms with van der Waals surface area (Å²) in [4.78, 5) is 0. The highest BCUT2D eigenvalue weighted by atomic mass is 79.9. The molecule has 2 rings (SSSR count). The molecule has 1 unspecified atom stereocenters. The summed E-state index contributed by atoms with van der Waals surface area (Å²) in [5, 5.41) is 0.970. The number of rotatable bonds is 6. The van der Waals surface area contributed by atoms with E-state index in [9.17, 15) is 0 Å². The van der Waals surface area contributed by atoms with E-state index in [4.69, 9.17) is 4.74 Å². The van der Waals surface area contributed by atoms with Crippen molar-refractivity contribution in [1.82, 2.24) is 0 Å². The molecule has 0 aromatic heterocycles. The SMILES string of the molecule is COc1ccc(Br)c(CC(CBr)Cc2ccccc2Br)c1. The van der Waals surface area contributed by atoms with Crippen molar-refractivity contribution >= 4 is 47.8 Å². The zero-order valence-electron chi connectivity index (χ0n) is 11.8. The highest BCUT2D eigenvalue weighted by Crippen LogP contribution is 2.28. The lowest BCUT2D eigenvalue weighted by Gasteiger charge is -2.17. The van der Waals surface area contributed by atoms with Crippen LogP contribution in [-0.4, -0.2) is 12.4 Å². The average molecular weight is 477 g/mol. The van der Waals surface area contributed by atoms with Crippen LogP contribution in [0.1, 0.15) is 11.1 Å². The van der Waals surface area contributed by atoms with Gasteiger partial charge in [-0.1, -0.05) is 66.0 Å².